The zero-order valence-electron chi connectivity index (χ0n) is 16.3. The Labute approximate surface area is 179 Å². The molecule has 0 heterocycles. The van der Waals surface area contributed by atoms with Crippen LogP contribution in [0.1, 0.15) is 28.4 Å². The second-order valence-electron chi connectivity index (χ2n) is 6.23. The van der Waals surface area contributed by atoms with Crippen LogP contribution in [0.15, 0.2) is 71.8 Å². The minimum Gasteiger partial charge on any atom is -0.490 e. The number of halogens is 2. The minimum absolute atomic E-state index is 0.0735. The summed E-state index contributed by atoms with van der Waals surface area (Å²) in [5, 5.41) is 4.56. The van der Waals surface area contributed by atoms with E-state index < -0.39 is 11.7 Å². The molecule has 3 aromatic rings. The number of hydrogen-bond acceptors (Lipinski definition) is 4. The molecule has 154 valence electrons. The normalized spacial score (nSPS) is 10.8. The number of nitrogens with zero attached hydrogens (tertiary/aromatic N) is 1. The third kappa shape index (κ3) is 5.81. The highest BCUT2D eigenvalue weighted by Crippen LogP contribution is 2.29. The van der Waals surface area contributed by atoms with Crippen molar-refractivity contribution in [2.75, 3.05) is 6.61 Å². The Morgan fingerprint density at radius 1 is 1.07 bits per heavy atom. The predicted molar refractivity (Wildman–Crippen MR) is 115 cm³/mol. The molecule has 0 aromatic heterocycles. The number of ether oxygens (including phenoxy) is 2. The number of carbonyl (C=O) groups is 1. The van der Waals surface area contributed by atoms with Gasteiger partial charge < -0.3 is 9.47 Å². The lowest BCUT2D eigenvalue weighted by atomic mass is 10.2. The lowest BCUT2D eigenvalue weighted by Crippen LogP contribution is -2.18. The quantitative estimate of drug-likeness (QED) is 0.397. The van der Waals surface area contributed by atoms with Gasteiger partial charge in [-0.2, -0.15) is 5.10 Å². The van der Waals surface area contributed by atoms with Gasteiger partial charge in [-0.25, -0.2) is 9.82 Å². The first-order chi connectivity index (χ1) is 14.6. The first-order valence-corrected chi connectivity index (χ1v) is 9.66. The van der Waals surface area contributed by atoms with Crippen molar-refractivity contribution >= 4 is 23.7 Å². The molecular weight excluding hydrogens is 407 g/mol. The lowest BCUT2D eigenvalue weighted by Gasteiger charge is -2.12. The van der Waals surface area contributed by atoms with Crippen molar-refractivity contribution in [2.45, 2.75) is 13.5 Å². The van der Waals surface area contributed by atoms with Gasteiger partial charge in [0.05, 0.1) is 18.4 Å². The van der Waals surface area contributed by atoms with Gasteiger partial charge in [0.1, 0.15) is 12.4 Å². The van der Waals surface area contributed by atoms with Crippen molar-refractivity contribution in [3.05, 3.63) is 94.3 Å². The highest BCUT2D eigenvalue weighted by Gasteiger charge is 2.10. The van der Waals surface area contributed by atoms with Gasteiger partial charge in [-0.05, 0) is 60.5 Å². The van der Waals surface area contributed by atoms with E-state index in [0.717, 1.165) is 5.56 Å². The summed E-state index contributed by atoms with van der Waals surface area (Å²) in [5.74, 6) is -0.0986. The molecule has 1 amide bonds. The maximum absolute atomic E-state index is 13.6. The Kier molecular flexibility index (Phi) is 7.40. The first-order valence-electron chi connectivity index (χ1n) is 9.29. The van der Waals surface area contributed by atoms with Crippen LogP contribution in [-0.4, -0.2) is 18.7 Å². The van der Waals surface area contributed by atoms with Crippen molar-refractivity contribution in [1.29, 1.82) is 0 Å². The largest absolute Gasteiger partial charge is 0.490 e. The van der Waals surface area contributed by atoms with Crippen LogP contribution in [0, 0.1) is 5.82 Å². The number of hydrogen-bond donors (Lipinski definition) is 1. The molecule has 1 N–H and O–H groups in total. The Morgan fingerprint density at radius 2 is 1.83 bits per heavy atom. The van der Waals surface area contributed by atoms with E-state index in [1.165, 1.54) is 24.4 Å². The Morgan fingerprint density at radius 3 is 2.57 bits per heavy atom. The fourth-order valence-corrected chi connectivity index (χ4v) is 2.73. The average molecular weight is 427 g/mol. The topological polar surface area (TPSA) is 59.9 Å². The molecular formula is C23H20ClFN2O3. The minimum atomic E-state index is -0.628. The summed E-state index contributed by atoms with van der Waals surface area (Å²) in [4.78, 5) is 12.0. The van der Waals surface area contributed by atoms with Crippen molar-refractivity contribution in [3.8, 4) is 11.5 Å². The summed E-state index contributed by atoms with van der Waals surface area (Å²) in [7, 11) is 0. The van der Waals surface area contributed by atoms with Gasteiger partial charge in [0.2, 0.25) is 0 Å². The highest BCUT2D eigenvalue weighted by atomic mass is 35.5. The summed E-state index contributed by atoms with van der Waals surface area (Å²) in [6.45, 7) is 2.70. The Hall–Kier alpha value is -3.38. The summed E-state index contributed by atoms with van der Waals surface area (Å²) in [5.41, 5.74) is 3.90. The zero-order valence-corrected chi connectivity index (χ0v) is 17.0. The number of benzene rings is 3. The molecule has 0 unspecified atom stereocenters. The van der Waals surface area contributed by atoms with Gasteiger partial charge in [-0.1, -0.05) is 35.9 Å². The van der Waals surface area contributed by atoms with Gasteiger partial charge in [-0.15, -0.1) is 0 Å². The standard InChI is InChI=1S/C23H20ClFN2O3/c1-2-29-22-13-17(14-26-27-23(28)19-5-3-4-6-20(19)25)9-12-21(22)30-15-16-7-10-18(24)11-8-16/h3-14H,2,15H2,1H3,(H,27,28)/b26-14+. The molecule has 0 bridgehead atoms. The van der Waals surface area contributed by atoms with E-state index >= 15 is 0 Å². The summed E-state index contributed by atoms with van der Waals surface area (Å²) in [6.07, 6.45) is 1.45. The second-order valence-corrected chi connectivity index (χ2v) is 6.67. The summed E-state index contributed by atoms with van der Waals surface area (Å²) < 4.78 is 25.2. The molecule has 5 nitrogen and oxygen atoms in total. The van der Waals surface area contributed by atoms with Crippen LogP contribution in [0.5, 0.6) is 11.5 Å². The average Bonchev–Trinajstić information content (AvgIpc) is 2.75. The van der Waals surface area contributed by atoms with E-state index in [1.54, 1.807) is 36.4 Å². The van der Waals surface area contributed by atoms with E-state index in [1.807, 2.05) is 19.1 Å². The first kappa shape index (κ1) is 21.3. The molecule has 0 aliphatic heterocycles. The molecule has 0 aliphatic rings. The van der Waals surface area contributed by atoms with Gasteiger partial charge in [0.25, 0.3) is 5.91 Å². The van der Waals surface area contributed by atoms with Gasteiger partial charge >= 0.3 is 0 Å². The number of nitrogens with one attached hydrogen (secondary N) is 1. The van der Waals surface area contributed by atoms with Crippen molar-refractivity contribution < 1.29 is 18.7 Å². The van der Waals surface area contributed by atoms with Crippen molar-refractivity contribution in [3.63, 3.8) is 0 Å². The molecule has 0 saturated carbocycles. The third-order valence-electron chi connectivity index (χ3n) is 4.07. The van der Waals surface area contributed by atoms with Crippen molar-refractivity contribution in [2.24, 2.45) is 5.10 Å². The summed E-state index contributed by atoms with van der Waals surface area (Å²) in [6, 6.07) is 18.4. The third-order valence-corrected chi connectivity index (χ3v) is 4.33. The lowest BCUT2D eigenvalue weighted by molar-refractivity contribution is 0.0951. The predicted octanol–water partition coefficient (Wildman–Crippen LogP) is 5.22. The molecule has 7 heteroatoms. The van der Waals surface area contributed by atoms with Gasteiger partial charge in [0, 0.05) is 5.02 Å². The number of rotatable bonds is 8. The number of amides is 1. The monoisotopic (exact) mass is 426 g/mol. The van der Waals surface area contributed by atoms with Crippen LogP contribution in [0.4, 0.5) is 4.39 Å². The number of carbonyl (C=O) groups excluding carboxylic acids is 1. The van der Waals surface area contributed by atoms with E-state index in [4.69, 9.17) is 21.1 Å². The summed E-state index contributed by atoms with van der Waals surface area (Å²) >= 11 is 5.90. The van der Waals surface area contributed by atoms with Crippen LogP contribution >= 0.6 is 11.6 Å². The van der Waals surface area contributed by atoms with Gasteiger partial charge in [0.15, 0.2) is 11.5 Å². The van der Waals surface area contributed by atoms with Crippen LogP contribution < -0.4 is 14.9 Å². The molecule has 0 atom stereocenters. The number of hydrazone groups is 1. The Bertz CT molecular complexity index is 1040. The fourth-order valence-electron chi connectivity index (χ4n) is 2.61. The Balaban J connectivity index is 1.66. The van der Waals surface area contributed by atoms with E-state index in [9.17, 15) is 9.18 Å². The smallest absolute Gasteiger partial charge is 0.274 e. The molecule has 3 rings (SSSR count). The molecule has 0 spiro atoms. The maximum atomic E-state index is 13.6. The van der Waals surface area contributed by atoms with Crippen molar-refractivity contribution in [1.82, 2.24) is 5.43 Å². The SMILES string of the molecule is CCOc1cc(/C=N/NC(=O)c2ccccc2F)ccc1OCc1ccc(Cl)cc1. The molecule has 0 fully saturated rings. The van der Waals surface area contributed by atoms with Crippen LogP contribution in [0.3, 0.4) is 0 Å². The molecule has 0 saturated heterocycles. The molecule has 0 radical (unpaired) electrons. The molecule has 30 heavy (non-hydrogen) atoms. The van der Waals surface area contributed by atoms with Crippen LogP contribution in [-0.2, 0) is 6.61 Å². The van der Waals surface area contributed by atoms with E-state index in [-0.39, 0.29) is 5.56 Å². The van der Waals surface area contributed by atoms with E-state index in [2.05, 4.69) is 10.5 Å². The van der Waals surface area contributed by atoms with Gasteiger partial charge in [-0.3, -0.25) is 4.79 Å². The second kappa shape index (κ2) is 10.4. The van der Waals surface area contributed by atoms with E-state index in [0.29, 0.717) is 35.3 Å². The van der Waals surface area contributed by atoms with Crippen LogP contribution in [0.25, 0.3) is 0 Å². The van der Waals surface area contributed by atoms with Crippen LogP contribution in [0.2, 0.25) is 5.02 Å². The molecule has 0 aliphatic carbocycles. The molecule has 3 aromatic carbocycles. The zero-order chi connectivity index (χ0) is 21.3. The highest BCUT2D eigenvalue weighted by molar-refractivity contribution is 6.30. The fraction of sp³-hybridized carbons (Fsp3) is 0.130. The maximum Gasteiger partial charge on any atom is 0.274 e.